The molecule has 326 valence electrons. The lowest BCUT2D eigenvalue weighted by atomic mass is 9.47. The fourth-order valence-corrected chi connectivity index (χ4v) is 11.6. The van der Waals surface area contributed by atoms with Crippen LogP contribution >= 0.6 is 0 Å². The van der Waals surface area contributed by atoms with Crippen molar-refractivity contribution >= 4 is 24.0 Å². The maximum Gasteiger partial charge on any atom is 0.407 e. The number of carbonyl (C=O) groups excluding carboxylic acids is 4. The Morgan fingerprint density at radius 3 is 2.24 bits per heavy atom. The minimum absolute atomic E-state index is 0.00169. The van der Waals surface area contributed by atoms with Crippen molar-refractivity contribution in [2.45, 2.75) is 157 Å². The Morgan fingerprint density at radius 2 is 1.56 bits per heavy atom. The Bertz CT molecular complexity index is 1710. The number of fused-ring (bicyclic) bond motifs is 5. The highest BCUT2D eigenvalue weighted by atomic mass is 16.7. The van der Waals surface area contributed by atoms with Crippen LogP contribution in [-0.4, -0.2) is 67.4 Å². The lowest BCUT2D eigenvalue weighted by molar-refractivity contribution is -0.289. The van der Waals surface area contributed by atoms with Crippen molar-refractivity contribution in [3.63, 3.8) is 0 Å². The fraction of sp³-hybridized carbons (Fsp3) is 0.708. The van der Waals surface area contributed by atoms with Crippen LogP contribution in [0.4, 0.5) is 4.79 Å². The predicted molar refractivity (Wildman–Crippen MR) is 222 cm³/mol. The lowest BCUT2D eigenvalue weighted by Crippen LogP contribution is -2.67. The number of ether oxygens (including phenoxy) is 6. The molecule has 14 unspecified atom stereocenters. The molecule has 0 radical (unpaired) electrons. The van der Waals surface area contributed by atoms with Crippen molar-refractivity contribution in [2.24, 2.45) is 52.3 Å². The summed E-state index contributed by atoms with van der Waals surface area (Å²) in [6.07, 6.45) is 10.3. The normalized spacial score (nSPS) is 36.3. The van der Waals surface area contributed by atoms with Gasteiger partial charge >= 0.3 is 24.0 Å². The summed E-state index contributed by atoms with van der Waals surface area (Å²) in [5.74, 6) is 2.62. The second-order valence-corrected chi connectivity index (χ2v) is 19.1. The van der Waals surface area contributed by atoms with Crippen LogP contribution in [0.2, 0.25) is 0 Å². The van der Waals surface area contributed by atoms with Gasteiger partial charge in [0.05, 0.1) is 6.10 Å². The van der Waals surface area contributed by atoms with Gasteiger partial charge in [0.15, 0.2) is 18.5 Å². The standard InChI is InChI=1S/C48H69NO10/c1-28(2)29(3)15-16-30(4)38-19-20-39-37-18-17-35-25-36(21-23-47(35,8)40(37)22-24-48(38,39)9)58-45-42(49-46(53)55-26-34-13-11-10-12-14-34)44(57-33(7)52)43(56-32(6)51)41(59-45)27-54-31(5)50/h10-17,28-30,36-45H,18-27H2,1-9H3,(H,49,53). The summed E-state index contributed by atoms with van der Waals surface area (Å²) in [5, 5.41) is 2.82. The molecule has 0 aromatic heterocycles. The van der Waals surface area contributed by atoms with Gasteiger partial charge in [-0.1, -0.05) is 95.7 Å². The number of alkyl carbamates (subject to hydrolysis) is 1. The number of hydrogen-bond donors (Lipinski definition) is 1. The number of rotatable bonds is 13. The van der Waals surface area contributed by atoms with E-state index in [1.54, 1.807) is 0 Å². The van der Waals surface area contributed by atoms with Gasteiger partial charge in [-0.15, -0.1) is 0 Å². The zero-order chi connectivity index (χ0) is 42.6. The van der Waals surface area contributed by atoms with Crippen LogP contribution in [0.15, 0.2) is 54.1 Å². The van der Waals surface area contributed by atoms with Crippen LogP contribution in [0.5, 0.6) is 0 Å². The summed E-state index contributed by atoms with van der Waals surface area (Å²) in [5.41, 5.74) is 2.61. The zero-order valence-electron chi connectivity index (χ0n) is 36.8. The Labute approximate surface area is 351 Å². The van der Waals surface area contributed by atoms with E-state index in [2.05, 4.69) is 65.1 Å². The summed E-state index contributed by atoms with van der Waals surface area (Å²) < 4.78 is 35.6. The molecule has 1 aromatic carbocycles. The molecule has 1 N–H and O–H groups in total. The van der Waals surface area contributed by atoms with Crippen molar-refractivity contribution in [3.05, 3.63) is 59.7 Å². The van der Waals surface area contributed by atoms with Gasteiger partial charge in [0.2, 0.25) is 0 Å². The molecule has 11 heteroatoms. The first kappa shape index (κ1) is 44.8. The van der Waals surface area contributed by atoms with Gasteiger partial charge in [-0.2, -0.15) is 0 Å². The highest BCUT2D eigenvalue weighted by Gasteiger charge is 2.60. The van der Waals surface area contributed by atoms with Crippen molar-refractivity contribution < 1.29 is 47.6 Å². The molecular formula is C48H69NO10. The van der Waals surface area contributed by atoms with E-state index < -0.39 is 54.6 Å². The minimum atomic E-state index is -1.24. The van der Waals surface area contributed by atoms with Crippen molar-refractivity contribution in [2.75, 3.05) is 6.61 Å². The van der Waals surface area contributed by atoms with E-state index in [0.717, 1.165) is 30.7 Å². The van der Waals surface area contributed by atoms with Crippen LogP contribution < -0.4 is 5.32 Å². The second-order valence-electron chi connectivity index (χ2n) is 19.1. The van der Waals surface area contributed by atoms with E-state index in [1.165, 1.54) is 52.0 Å². The highest BCUT2D eigenvalue weighted by molar-refractivity contribution is 5.69. The third kappa shape index (κ3) is 10.1. The summed E-state index contributed by atoms with van der Waals surface area (Å²) in [6.45, 7) is 17.9. The number of carbonyl (C=O) groups is 4. The van der Waals surface area contributed by atoms with E-state index in [-0.39, 0.29) is 24.7 Å². The number of allylic oxidation sites excluding steroid dienone is 3. The topological polar surface area (TPSA) is 136 Å². The van der Waals surface area contributed by atoms with Crippen LogP contribution in [0.3, 0.4) is 0 Å². The van der Waals surface area contributed by atoms with Gasteiger partial charge in [0.1, 0.15) is 25.4 Å². The zero-order valence-corrected chi connectivity index (χ0v) is 36.8. The molecule has 1 amide bonds. The summed E-state index contributed by atoms with van der Waals surface area (Å²) in [6, 6.07) is 8.11. The maximum atomic E-state index is 13.4. The molecule has 6 rings (SSSR count). The third-order valence-corrected chi connectivity index (χ3v) is 15.1. The molecule has 1 aliphatic heterocycles. The van der Waals surface area contributed by atoms with Gasteiger partial charge in [-0.05, 0) is 109 Å². The predicted octanol–water partition coefficient (Wildman–Crippen LogP) is 8.88. The molecule has 5 aliphatic rings. The molecule has 0 spiro atoms. The molecule has 0 bridgehead atoms. The molecule has 4 aliphatic carbocycles. The first-order chi connectivity index (χ1) is 28.0. The molecule has 4 fully saturated rings. The van der Waals surface area contributed by atoms with Crippen LogP contribution in [0, 0.1) is 52.3 Å². The van der Waals surface area contributed by atoms with Gasteiger partial charge in [-0.25, -0.2) is 4.79 Å². The fourth-order valence-electron chi connectivity index (χ4n) is 11.6. The van der Waals surface area contributed by atoms with Crippen molar-refractivity contribution in [1.29, 1.82) is 0 Å². The molecule has 1 aromatic rings. The molecule has 59 heavy (non-hydrogen) atoms. The number of nitrogens with one attached hydrogen (secondary N) is 1. The molecule has 11 nitrogen and oxygen atoms in total. The number of benzene rings is 1. The van der Waals surface area contributed by atoms with E-state index in [4.69, 9.17) is 28.4 Å². The Morgan fingerprint density at radius 1 is 0.847 bits per heavy atom. The van der Waals surface area contributed by atoms with E-state index in [1.807, 2.05) is 30.3 Å². The quantitative estimate of drug-likeness (QED) is 0.117. The Kier molecular flexibility index (Phi) is 14.4. The molecule has 3 saturated carbocycles. The Hall–Kier alpha value is -3.70. The summed E-state index contributed by atoms with van der Waals surface area (Å²) in [4.78, 5) is 50.3. The third-order valence-electron chi connectivity index (χ3n) is 15.1. The average Bonchev–Trinajstić information content (AvgIpc) is 3.55. The van der Waals surface area contributed by atoms with E-state index in [9.17, 15) is 19.2 Å². The maximum absolute atomic E-state index is 13.4. The number of hydrogen-bond acceptors (Lipinski definition) is 10. The van der Waals surface area contributed by atoms with Gasteiger partial charge < -0.3 is 33.7 Å². The molecule has 1 heterocycles. The molecule has 14 atom stereocenters. The van der Waals surface area contributed by atoms with Crippen LogP contribution in [0.25, 0.3) is 0 Å². The van der Waals surface area contributed by atoms with Gasteiger partial charge in [0.25, 0.3) is 0 Å². The van der Waals surface area contributed by atoms with Gasteiger partial charge in [-0.3, -0.25) is 14.4 Å². The molecule has 1 saturated heterocycles. The Balaban J connectivity index is 1.21. The number of esters is 3. The van der Waals surface area contributed by atoms with E-state index >= 15 is 0 Å². The largest absolute Gasteiger partial charge is 0.463 e. The van der Waals surface area contributed by atoms with Crippen molar-refractivity contribution in [1.82, 2.24) is 5.32 Å². The summed E-state index contributed by atoms with van der Waals surface area (Å²) in [7, 11) is 0. The monoisotopic (exact) mass is 819 g/mol. The molecular weight excluding hydrogens is 751 g/mol. The van der Waals surface area contributed by atoms with Crippen molar-refractivity contribution in [3.8, 4) is 0 Å². The first-order valence-electron chi connectivity index (χ1n) is 22.1. The highest BCUT2D eigenvalue weighted by Crippen LogP contribution is 2.67. The van der Waals surface area contributed by atoms with Crippen LogP contribution in [0.1, 0.15) is 119 Å². The lowest BCUT2D eigenvalue weighted by Gasteiger charge is -2.58. The first-order valence-corrected chi connectivity index (χ1v) is 22.1. The smallest absolute Gasteiger partial charge is 0.407 e. The second kappa shape index (κ2) is 18.9. The SMILES string of the molecule is CC(=O)OCC1OC(OC2CCC3(C)C(=CCC4C3CCC3(C)C(C(C)C=CC(C)C(C)C)CCC43)C2)C(NC(=O)OCc2ccccc2)C(OC(C)=O)C1OC(C)=O. The summed E-state index contributed by atoms with van der Waals surface area (Å²) >= 11 is 0. The van der Waals surface area contributed by atoms with E-state index in [0.29, 0.717) is 47.3 Å². The number of amides is 1. The average molecular weight is 820 g/mol. The minimum Gasteiger partial charge on any atom is -0.463 e. The van der Waals surface area contributed by atoms with Crippen LogP contribution in [-0.2, 0) is 49.4 Å². The van der Waals surface area contributed by atoms with Gasteiger partial charge in [0, 0.05) is 20.8 Å².